The van der Waals surface area contributed by atoms with Crippen LogP contribution in [0.4, 0.5) is 10.1 Å². The summed E-state index contributed by atoms with van der Waals surface area (Å²) in [5, 5.41) is 11.7. The molecule has 2 aromatic carbocycles. The molecule has 0 bridgehead atoms. The van der Waals surface area contributed by atoms with Gasteiger partial charge in [0.2, 0.25) is 0 Å². The average Bonchev–Trinajstić information content (AvgIpc) is 2.66. The van der Waals surface area contributed by atoms with Crippen LogP contribution in [0.2, 0.25) is 10.0 Å². The lowest BCUT2D eigenvalue weighted by atomic mass is 10.1. The van der Waals surface area contributed by atoms with Gasteiger partial charge in [-0.05, 0) is 35.9 Å². The second-order valence-electron chi connectivity index (χ2n) is 5.28. The SMILES string of the molecule is COC(=O)COc1c(Cl)cc(/C=C(/C#N)C(=O)Nc2ccccc2F)cc1Cl. The summed E-state index contributed by atoms with van der Waals surface area (Å²) in [5.74, 6) is -2.00. The summed E-state index contributed by atoms with van der Waals surface area (Å²) in [7, 11) is 1.21. The Balaban J connectivity index is 2.24. The zero-order valence-corrected chi connectivity index (χ0v) is 16.0. The van der Waals surface area contributed by atoms with Gasteiger partial charge in [0.15, 0.2) is 12.4 Å². The minimum atomic E-state index is -0.800. The van der Waals surface area contributed by atoms with E-state index in [0.717, 1.165) is 0 Å². The van der Waals surface area contributed by atoms with E-state index in [1.54, 1.807) is 12.1 Å². The number of amides is 1. The molecule has 0 saturated heterocycles. The molecule has 0 radical (unpaired) electrons. The van der Waals surface area contributed by atoms with Gasteiger partial charge in [-0.15, -0.1) is 0 Å². The first-order valence-corrected chi connectivity index (χ1v) is 8.47. The number of para-hydroxylation sites is 1. The fraction of sp³-hybridized carbons (Fsp3) is 0.105. The van der Waals surface area contributed by atoms with Crippen molar-refractivity contribution in [2.45, 2.75) is 0 Å². The molecular formula is C19H13Cl2FN2O4. The Morgan fingerprint density at radius 2 is 1.89 bits per heavy atom. The molecule has 0 aromatic heterocycles. The van der Waals surface area contributed by atoms with Crippen molar-refractivity contribution in [2.75, 3.05) is 19.0 Å². The summed E-state index contributed by atoms with van der Waals surface area (Å²) >= 11 is 12.2. The normalized spacial score (nSPS) is 10.8. The number of halogens is 3. The van der Waals surface area contributed by atoms with E-state index in [1.807, 2.05) is 0 Å². The lowest BCUT2D eigenvalue weighted by Gasteiger charge is -2.10. The van der Waals surface area contributed by atoms with Gasteiger partial charge < -0.3 is 14.8 Å². The number of hydrogen-bond acceptors (Lipinski definition) is 5. The van der Waals surface area contributed by atoms with Gasteiger partial charge in [0.25, 0.3) is 5.91 Å². The summed E-state index contributed by atoms with van der Waals surface area (Å²) in [6.07, 6.45) is 1.23. The van der Waals surface area contributed by atoms with Crippen LogP contribution in [0.3, 0.4) is 0 Å². The highest BCUT2D eigenvalue weighted by Crippen LogP contribution is 2.35. The first kappa shape index (κ1) is 21.2. The van der Waals surface area contributed by atoms with Gasteiger partial charge in [-0.1, -0.05) is 35.3 Å². The summed E-state index contributed by atoms with van der Waals surface area (Å²) in [6.45, 7) is -0.389. The Bertz CT molecular complexity index is 963. The van der Waals surface area contributed by atoms with E-state index in [9.17, 15) is 19.2 Å². The predicted octanol–water partition coefficient (Wildman–Crippen LogP) is 4.23. The topological polar surface area (TPSA) is 88.4 Å². The van der Waals surface area contributed by atoms with Crippen LogP contribution in [-0.2, 0) is 14.3 Å². The summed E-state index contributed by atoms with van der Waals surface area (Å²) in [6, 6.07) is 10.1. The Hall–Kier alpha value is -3.08. The molecule has 0 aliphatic heterocycles. The highest BCUT2D eigenvalue weighted by Gasteiger charge is 2.15. The third kappa shape index (κ3) is 5.46. The van der Waals surface area contributed by atoms with E-state index in [4.69, 9.17) is 27.9 Å². The summed E-state index contributed by atoms with van der Waals surface area (Å²) in [5.41, 5.74) is -0.0180. The number of anilines is 1. The highest BCUT2D eigenvalue weighted by molar-refractivity contribution is 6.37. The molecule has 0 atom stereocenters. The summed E-state index contributed by atoms with van der Waals surface area (Å²) in [4.78, 5) is 23.4. The molecule has 0 saturated carbocycles. The fourth-order valence-electron chi connectivity index (χ4n) is 2.06. The number of carbonyl (C=O) groups excluding carboxylic acids is 2. The van der Waals surface area contributed by atoms with E-state index >= 15 is 0 Å². The number of carbonyl (C=O) groups is 2. The van der Waals surface area contributed by atoms with Crippen molar-refractivity contribution >= 4 is 46.8 Å². The smallest absolute Gasteiger partial charge is 0.343 e. The molecule has 0 fully saturated rings. The first-order chi connectivity index (χ1) is 13.3. The monoisotopic (exact) mass is 422 g/mol. The van der Waals surface area contributed by atoms with Crippen molar-refractivity contribution in [1.82, 2.24) is 0 Å². The van der Waals surface area contributed by atoms with Crippen LogP contribution in [0.15, 0.2) is 42.0 Å². The number of esters is 1. The van der Waals surface area contributed by atoms with Crippen molar-refractivity contribution < 1.29 is 23.5 Å². The molecule has 2 aromatic rings. The van der Waals surface area contributed by atoms with E-state index < -0.39 is 17.7 Å². The predicted molar refractivity (Wildman–Crippen MR) is 103 cm³/mol. The molecule has 1 amide bonds. The van der Waals surface area contributed by atoms with Crippen molar-refractivity contribution in [1.29, 1.82) is 5.26 Å². The molecule has 144 valence electrons. The Morgan fingerprint density at radius 1 is 1.25 bits per heavy atom. The summed E-state index contributed by atoms with van der Waals surface area (Å²) < 4.78 is 23.3. The molecule has 0 unspecified atom stereocenters. The molecule has 0 aliphatic rings. The van der Waals surface area contributed by atoms with Crippen molar-refractivity contribution in [3.05, 3.63) is 63.4 Å². The number of rotatable bonds is 6. The number of nitrogens with zero attached hydrogens (tertiary/aromatic N) is 1. The van der Waals surface area contributed by atoms with Crippen LogP contribution in [-0.4, -0.2) is 25.6 Å². The molecule has 0 aliphatic carbocycles. The van der Waals surface area contributed by atoms with E-state index in [2.05, 4.69) is 10.1 Å². The van der Waals surface area contributed by atoms with Gasteiger partial charge in [-0.3, -0.25) is 4.79 Å². The lowest BCUT2D eigenvalue weighted by molar-refractivity contribution is -0.142. The van der Waals surface area contributed by atoms with Crippen LogP contribution in [0, 0.1) is 17.1 Å². The second kappa shape index (κ2) is 9.74. The standard InChI is InChI=1S/C19H13Cl2FN2O4/c1-27-17(25)10-28-18-13(20)7-11(8-14(18)21)6-12(9-23)19(26)24-16-5-3-2-4-15(16)22/h2-8H,10H2,1H3,(H,24,26)/b12-6-. The highest BCUT2D eigenvalue weighted by atomic mass is 35.5. The number of nitriles is 1. The molecule has 28 heavy (non-hydrogen) atoms. The number of hydrogen-bond donors (Lipinski definition) is 1. The van der Waals surface area contributed by atoms with Gasteiger partial charge in [0.05, 0.1) is 22.8 Å². The number of ether oxygens (including phenoxy) is 2. The molecular weight excluding hydrogens is 410 g/mol. The fourth-order valence-corrected chi connectivity index (χ4v) is 2.67. The van der Waals surface area contributed by atoms with Crippen LogP contribution in [0.5, 0.6) is 5.75 Å². The zero-order chi connectivity index (χ0) is 20.7. The van der Waals surface area contributed by atoms with Crippen molar-refractivity contribution in [3.8, 4) is 11.8 Å². The van der Waals surface area contributed by atoms with Gasteiger partial charge in [-0.2, -0.15) is 5.26 Å². The second-order valence-corrected chi connectivity index (χ2v) is 6.10. The number of methoxy groups -OCH3 is 1. The van der Waals surface area contributed by atoms with Gasteiger partial charge in [0, 0.05) is 0 Å². The molecule has 1 N–H and O–H groups in total. The molecule has 0 spiro atoms. The maximum atomic E-state index is 13.7. The quantitative estimate of drug-likeness (QED) is 0.427. The van der Waals surface area contributed by atoms with Gasteiger partial charge in [-0.25, -0.2) is 9.18 Å². The first-order valence-electron chi connectivity index (χ1n) is 7.72. The lowest BCUT2D eigenvalue weighted by Crippen LogP contribution is -2.14. The molecule has 2 rings (SSSR count). The molecule has 0 heterocycles. The number of nitrogens with one attached hydrogen (secondary N) is 1. The van der Waals surface area contributed by atoms with Crippen LogP contribution < -0.4 is 10.1 Å². The van der Waals surface area contributed by atoms with E-state index in [0.29, 0.717) is 5.56 Å². The third-order valence-corrected chi connectivity index (χ3v) is 3.94. The molecule has 9 heteroatoms. The van der Waals surface area contributed by atoms with Crippen molar-refractivity contribution in [2.24, 2.45) is 0 Å². The third-order valence-electron chi connectivity index (χ3n) is 3.38. The van der Waals surface area contributed by atoms with E-state index in [-0.39, 0.29) is 33.7 Å². The maximum absolute atomic E-state index is 13.7. The Kier molecular flexibility index (Phi) is 7.38. The average molecular weight is 423 g/mol. The van der Waals surface area contributed by atoms with Crippen molar-refractivity contribution in [3.63, 3.8) is 0 Å². The Labute approximate surface area is 170 Å². The Morgan fingerprint density at radius 3 is 2.46 bits per heavy atom. The van der Waals surface area contributed by atoms with Gasteiger partial charge in [0.1, 0.15) is 17.5 Å². The van der Waals surface area contributed by atoms with Crippen LogP contribution in [0.1, 0.15) is 5.56 Å². The van der Waals surface area contributed by atoms with Gasteiger partial charge >= 0.3 is 5.97 Å². The van der Waals surface area contributed by atoms with Crippen LogP contribution >= 0.6 is 23.2 Å². The molecule has 6 nitrogen and oxygen atoms in total. The minimum Gasteiger partial charge on any atom is -0.479 e. The van der Waals surface area contributed by atoms with Crippen LogP contribution in [0.25, 0.3) is 6.08 Å². The minimum absolute atomic E-state index is 0.0557. The van der Waals surface area contributed by atoms with E-state index in [1.165, 1.54) is 43.5 Å². The number of benzene rings is 2. The largest absolute Gasteiger partial charge is 0.479 e. The maximum Gasteiger partial charge on any atom is 0.343 e. The zero-order valence-electron chi connectivity index (χ0n) is 14.5.